The Balaban J connectivity index is 1.54. The van der Waals surface area contributed by atoms with Crippen molar-refractivity contribution in [3.63, 3.8) is 0 Å². The van der Waals surface area contributed by atoms with Crippen molar-refractivity contribution in [1.82, 2.24) is 21.4 Å². The first-order valence-corrected chi connectivity index (χ1v) is 11.9. The number of nitrogens with one attached hydrogen (secondary N) is 3. The summed E-state index contributed by atoms with van der Waals surface area (Å²) >= 11 is 0. The van der Waals surface area contributed by atoms with E-state index >= 15 is 0 Å². The Kier molecular flexibility index (Phi) is 7.12. The largest absolute Gasteiger partial charge is 0.349 e. The number of amides is 1. The van der Waals surface area contributed by atoms with E-state index in [1.54, 1.807) is 0 Å². The Bertz CT molecular complexity index is 784. The lowest BCUT2D eigenvalue weighted by Gasteiger charge is -2.46. The van der Waals surface area contributed by atoms with Gasteiger partial charge in [-0.1, -0.05) is 12.1 Å². The Morgan fingerprint density at radius 1 is 0.969 bits per heavy atom. The van der Waals surface area contributed by atoms with Gasteiger partial charge in [0.2, 0.25) is 0 Å². The molecule has 2 fully saturated rings. The maximum Gasteiger partial charge on any atom is 0.251 e. The van der Waals surface area contributed by atoms with Gasteiger partial charge in [-0.05, 0) is 98.8 Å². The molecule has 1 aromatic carbocycles. The smallest absolute Gasteiger partial charge is 0.251 e. The zero-order valence-electron chi connectivity index (χ0n) is 21.3. The van der Waals surface area contributed by atoms with Crippen molar-refractivity contribution in [2.45, 2.75) is 122 Å². The van der Waals surface area contributed by atoms with Gasteiger partial charge in [0.1, 0.15) is 0 Å². The van der Waals surface area contributed by atoms with Crippen molar-refractivity contribution in [3.8, 4) is 0 Å². The van der Waals surface area contributed by atoms with E-state index in [1.807, 2.05) is 24.3 Å². The summed E-state index contributed by atoms with van der Waals surface area (Å²) in [5.41, 5.74) is 4.80. The molecule has 32 heavy (non-hydrogen) atoms. The molecule has 2 aliphatic heterocycles. The third-order valence-electron chi connectivity index (χ3n) is 6.30. The molecule has 3 N–H and O–H groups in total. The van der Waals surface area contributed by atoms with Crippen molar-refractivity contribution < 1.29 is 9.63 Å². The molecule has 6 heteroatoms. The molecule has 2 saturated heterocycles. The summed E-state index contributed by atoms with van der Waals surface area (Å²) in [7, 11) is 0. The second-order valence-corrected chi connectivity index (χ2v) is 12.4. The zero-order valence-corrected chi connectivity index (χ0v) is 21.3. The summed E-state index contributed by atoms with van der Waals surface area (Å²) in [6.07, 6.45) is 3.72. The maximum atomic E-state index is 12.9. The molecule has 1 amide bonds. The van der Waals surface area contributed by atoms with Gasteiger partial charge in [-0.3, -0.25) is 9.63 Å². The number of nitrogens with zero attached hydrogens (tertiary/aromatic N) is 1. The van der Waals surface area contributed by atoms with Crippen LogP contribution in [0, 0.1) is 0 Å². The number of hydrogen-bond acceptors (Lipinski definition) is 4. The molecule has 6 nitrogen and oxygen atoms in total. The standard InChI is InChI=1S/C26H43N4O2/c1-23(2)13-20(14-24(3,4)29-23)27-22(31)19-11-9-10-18(12-19)17-32-28-21-15-25(5,6)30-26(7,8)16-21/h9-12,20-21,28,30H,13-17H2,1-8H3,(H,27,31). The van der Waals surface area contributed by atoms with Gasteiger partial charge in [-0.2, -0.15) is 5.48 Å². The summed E-state index contributed by atoms with van der Waals surface area (Å²) in [6, 6.07) is 8.13. The molecule has 0 aliphatic carbocycles. The van der Waals surface area contributed by atoms with E-state index in [-0.39, 0.29) is 40.1 Å². The van der Waals surface area contributed by atoms with Gasteiger partial charge in [0.15, 0.2) is 0 Å². The lowest BCUT2D eigenvalue weighted by atomic mass is 9.79. The molecular formula is C26H43N4O2. The summed E-state index contributed by atoms with van der Waals surface area (Å²) in [5, 5.41) is 11.8. The molecule has 0 saturated carbocycles. The molecule has 2 aliphatic rings. The van der Waals surface area contributed by atoms with Crippen LogP contribution in [0.25, 0.3) is 0 Å². The van der Waals surface area contributed by atoms with E-state index in [0.717, 1.165) is 31.2 Å². The minimum Gasteiger partial charge on any atom is -0.349 e. The van der Waals surface area contributed by atoms with E-state index in [1.165, 1.54) is 0 Å². The molecule has 179 valence electrons. The quantitative estimate of drug-likeness (QED) is 0.579. The average Bonchev–Trinajstić information content (AvgIpc) is 2.56. The van der Waals surface area contributed by atoms with E-state index in [0.29, 0.717) is 12.2 Å². The number of piperidine rings is 2. The van der Waals surface area contributed by atoms with E-state index < -0.39 is 0 Å². The van der Waals surface area contributed by atoms with Crippen LogP contribution in [0.2, 0.25) is 0 Å². The molecule has 1 aromatic rings. The summed E-state index contributed by atoms with van der Waals surface area (Å²) in [4.78, 5) is 18.8. The second-order valence-electron chi connectivity index (χ2n) is 12.4. The number of rotatable bonds is 6. The number of carbonyl (C=O) groups is 1. The minimum atomic E-state index is -0.126. The van der Waals surface area contributed by atoms with Crippen LogP contribution in [0.5, 0.6) is 0 Å². The average molecular weight is 444 g/mol. The lowest BCUT2D eigenvalue weighted by molar-refractivity contribution is -0.0246. The maximum absolute atomic E-state index is 12.9. The van der Waals surface area contributed by atoms with Gasteiger partial charge >= 0.3 is 0 Å². The van der Waals surface area contributed by atoms with E-state index in [2.05, 4.69) is 71.5 Å². The van der Waals surface area contributed by atoms with Crippen LogP contribution < -0.4 is 21.4 Å². The van der Waals surface area contributed by atoms with Gasteiger partial charge in [-0.15, -0.1) is 0 Å². The predicted octanol–water partition coefficient (Wildman–Crippen LogP) is 4.07. The Hall–Kier alpha value is -1.47. The van der Waals surface area contributed by atoms with Crippen LogP contribution in [-0.2, 0) is 11.4 Å². The normalized spacial score (nSPS) is 24.8. The summed E-state index contributed by atoms with van der Waals surface area (Å²) in [6.45, 7) is 17.9. The van der Waals surface area contributed by atoms with Crippen LogP contribution in [0.4, 0.5) is 0 Å². The first-order chi connectivity index (χ1) is 14.6. The Labute approximate surface area is 194 Å². The topological polar surface area (TPSA) is 76.5 Å². The molecule has 0 unspecified atom stereocenters. The first-order valence-electron chi connectivity index (χ1n) is 11.9. The SMILES string of the molecule is CC1(C)CC(NC(=O)c2cccc(CONC3CC(C)(C)NC(C)(C)C3)c2)CC(C)(C)[N]1. The summed E-state index contributed by atoms with van der Waals surface area (Å²) < 4.78 is 0. The monoisotopic (exact) mass is 443 g/mol. The highest BCUT2D eigenvalue weighted by Gasteiger charge is 2.40. The highest BCUT2D eigenvalue weighted by Crippen LogP contribution is 2.31. The van der Waals surface area contributed by atoms with Crippen LogP contribution in [-0.4, -0.2) is 40.1 Å². The van der Waals surface area contributed by atoms with Crippen molar-refractivity contribution in [2.24, 2.45) is 0 Å². The third-order valence-corrected chi connectivity index (χ3v) is 6.30. The minimum absolute atomic E-state index is 0.0276. The third kappa shape index (κ3) is 7.27. The highest BCUT2D eigenvalue weighted by molar-refractivity contribution is 5.94. The first kappa shape index (κ1) is 25.2. The van der Waals surface area contributed by atoms with Gasteiger partial charge in [0.05, 0.1) is 6.61 Å². The second kappa shape index (κ2) is 9.05. The molecular weight excluding hydrogens is 400 g/mol. The van der Waals surface area contributed by atoms with E-state index in [4.69, 9.17) is 10.2 Å². The number of hydroxylamine groups is 1. The molecule has 2 heterocycles. The van der Waals surface area contributed by atoms with Gasteiger partial charge < -0.3 is 10.6 Å². The number of benzene rings is 1. The summed E-state index contributed by atoms with van der Waals surface area (Å²) in [5.74, 6) is -0.0276. The van der Waals surface area contributed by atoms with Crippen LogP contribution >= 0.6 is 0 Å². The molecule has 3 rings (SSSR count). The van der Waals surface area contributed by atoms with Gasteiger partial charge in [0, 0.05) is 39.8 Å². The molecule has 0 spiro atoms. The highest BCUT2D eigenvalue weighted by atomic mass is 16.6. The molecule has 1 radical (unpaired) electrons. The predicted molar refractivity (Wildman–Crippen MR) is 129 cm³/mol. The molecule has 0 aromatic heterocycles. The van der Waals surface area contributed by atoms with Crippen molar-refractivity contribution in [2.75, 3.05) is 0 Å². The Morgan fingerprint density at radius 3 is 2.16 bits per heavy atom. The fraction of sp³-hybridized carbons (Fsp3) is 0.731. The Morgan fingerprint density at radius 2 is 1.56 bits per heavy atom. The van der Waals surface area contributed by atoms with Crippen LogP contribution in [0.3, 0.4) is 0 Å². The van der Waals surface area contributed by atoms with Crippen molar-refractivity contribution in [3.05, 3.63) is 35.4 Å². The zero-order chi connectivity index (χ0) is 23.8. The molecule has 0 bridgehead atoms. The van der Waals surface area contributed by atoms with Crippen molar-refractivity contribution in [1.29, 1.82) is 0 Å². The fourth-order valence-corrected chi connectivity index (χ4v) is 6.01. The van der Waals surface area contributed by atoms with Crippen LogP contribution in [0.15, 0.2) is 24.3 Å². The van der Waals surface area contributed by atoms with Gasteiger partial charge in [0.25, 0.3) is 5.91 Å². The lowest BCUT2D eigenvalue weighted by Crippen LogP contribution is -2.61. The number of hydrogen-bond donors (Lipinski definition) is 3. The number of carbonyl (C=O) groups excluding carboxylic acids is 1. The van der Waals surface area contributed by atoms with Crippen molar-refractivity contribution >= 4 is 5.91 Å². The fourth-order valence-electron chi connectivity index (χ4n) is 6.01. The van der Waals surface area contributed by atoms with E-state index in [9.17, 15) is 4.79 Å². The molecule has 0 atom stereocenters. The van der Waals surface area contributed by atoms with Crippen LogP contribution in [0.1, 0.15) is 97.0 Å². The van der Waals surface area contributed by atoms with Gasteiger partial charge in [-0.25, -0.2) is 5.32 Å².